The topological polar surface area (TPSA) is 71.9 Å². The Labute approximate surface area is 209 Å². The zero-order valence-corrected chi connectivity index (χ0v) is 20.8. The number of carbonyl (C=O) groups is 1. The lowest BCUT2D eigenvalue weighted by Crippen LogP contribution is -2.39. The van der Waals surface area contributed by atoms with E-state index in [1.165, 1.54) is 18.2 Å². The molecule has 0 unspecified atom stereocenters. The molecule has 2 bridgehead atoms. The molecule has 1 saturated heterocycles. The number of rotatable bonds is 3. The van der Waals surface area contributed by atoms with Crippen molar-refractivity contribution in [3.05, 3.63) is 70.9 Å². The fraction of sp³-hybridized carbons (Fsp3) is 0.464. The molecule has 2 atom stereocenters. The van der Waals surface area contributed by atoms with E-state index in [-0.39, 0.29) is 34.4 Å². The Kier molecular flexibility index (Phi) is 5.21. The normalized spacial score (nSPS) is 24.7. The van der Waals surface area contributed by atoms with E-state index in [2.05, 4.69) is 29.0 Å². The summed E-state index contributed by atoms with van der Waals surface area (Å²) in [5.41, 5.74) is 2.26. The lowest BCUT2D eigenvalue weighted by atomic mass is 9.66. The van der Waals surface area contributed by atoms with Gasteiger partial charge in [0.1, 0.15) is 17.5 Å². The van der Waals surface area contributed by atoms with Gasteiger partial charge in [-0.05, 0) is 66.8 Å². The van der Waals surface area contributed by atoms with Crippen molar-refractivity contribution in [2.45, 2.75) is 63.7 Å². The molecular weight excluding hydrogens is 460 g/mol. The standard InChI is InChI=1S/C28H29F2N5O/c1-16(36)35-13-9-17(10-14-35)26-31-12-8-23(32-26)28-11-7-19(27(28,2)3)18-15-22(33-34-25(18)28)24-20(29)5-4-6-21(24)30/h4-6,8,12,15,17,19H,7,9-11,13-14H2,1-3H3/t19-,28+/m0/s1. The number of likely N-dealkylation sites (tertiary alicyclic amines) is 1. The largest absolute Gasteiger partial charge is 0.343 e. The van der Waals surface area contributed by atoms with Crippen molar-refractivity contribution in [2.24, 2.45) is 5.41 Å². The molecule has 0 radical (unpaired) electrons. The molecule has 0 N–H and O–H groups in total. The number of benzene rings is 1. The minimum Gasteiger partial charge on any atom is -0.343 e. The molecule has 8 heteroatoms. The molecule has 2 aliphatic carbocycles. The first-order valence-electron chi connectivity index (χ1n) is 12.7. The average Bonchev–Trinajstić information content (AvgIpc) is 3.25. The first kappa shape index (κ1) is 23.1. The fourth-order valence-electron chi connectivity index (χ4n) is 7.02. The molecule has 2 aromatic heterocycles. The quantitative estimate of drug-likeness (QED) is 0.509. The summed E-state index contributed by atoms with van der Waals surface area (Å²) in [6.07, 6.45) is 5.36. The number of hydrogen-bond donors (Lipinski definition) is 0. The number of hydrogen-bond acceptors (Lipinski definition) is 5. The molecule has 1 aromatic carbocycles. The lowest BCUT2D eigenvalue weighted by Gasteiger charge is -2.38. The van der Waals surface area contributed by atoms with Gasteiger partial charge >= 0.3 is 0 Å². The number of amides is 1. The molecular formula is C28H29F2N5O. The SMILES string of the molecule is CC(=O)N1CCC(c2nccc([C@]34CC[C@@H](c5cc(-c6c(F)cccc6F)nnc53)C4(C)C)n2)CC1. The lowest BCUT2D eigenvalue weighted by molar-refractivity contribution is -0.129. The van der Waals surface area contributed by atoms with Crippen LogP contribution >= 0.6 is 0 Å². The summed E-state index contributed by atoms with van der Waals surface area (Å²) >= 11 is 0. The Hall–Kier alpha value is -3.29. The van der Waals surface area contributed by atoms with Crippen molar-refractivity contribution in [3.8, 4) is 11.3 Å². The van der Waals surface area contributed by atoms with Crippen molar-refractivity contribution in [1.82, 2.24) is 25.1 Å². The van der Waals surface area contributed by atoms with Crippen molar-refractivity contribution in [3.63, 3.8) is 0 Å². The molecule has 2 fully saturated rings. The number of nitrogens with zero attached hydrogens (tertiary/aromatic N) is 5. The summed E-state index contributed by atoms with van der Waals surface area (Å²) in [6, 6.07) is 7.66. The van der Waals surface area contributed by atoms with E-state index in [1.54, 1.807) is 6.92 Å². The van der Waals surface area contributed by atoms with Crippen LogP contribution in [0.3, 0.4) is 0 Å². The smallest absolute Gasteiger partial charge is 0.219 e. The van der Waals surface area contributed by atoms with Gasteiger partial charge < -0.3 is 4.90 Å². The second kappa shape index (κ2) is 8.11. The number of piperidine rings is 1. The van der Waals surface area contributed by atoms with Crippen LogP contribution < -0.4 is 0 Å². The van der Waals surface area contributed by atoms with Crippen LogP contribution in [0.1, 0.15) is 81.1 Å². The van der Waals surface area contributed by atoms with Crippen molar-refractivity contribution in [2.75, 3.05) is 13.1 Å². The molecule has 1 aliphatic heterocycles. The minimum atomic E-state index is -0.641. The van der Waals surface area contributed by atoms with Crippen LogP contribution in [0, 0.1) is 17.0 Å². The van der Waals surface area contributed by atoms with E-state index in [0.717, 1.165) is 61.5 Å². The second-order valence-corrected chi connectivity index (χ2v) is 10.9. The number of aromatic nitrogens is 4. The van der Waals surface area contributed by atoms with Crippen LogP contribution in [0.4, 0.5) is 8.78 Å². The molecule has 0 spiro atoms. The summed E-state index contributed by atoms with van der Waals surface area (Å²) in [5, 5.41) is 8.95. The van der Waals surface area contributed by atoms with E-state index >= 15 is 0 Å². The maximum Gasteiger partial charge on any atom is 0.219 e. The van der Waals surface area contributed by atoms with E-state index in [1.807, 2.05) is 23.2 Å². The molecule has 3 aromatic rings. The van der Waals surface area contributed by atoms with Crippen molar-refractivity contribution < 1.29 is 13.6 Å². The molecule has 3 heterocycles. The maximum absolute atomic E-state index is 14.5. The predicted octanol–water partition coefficient (Wildman–Crippen LogP) is 5.14. The molecule has 36 heavy (non-hydrogen) atoms. The fourth-order valence-corrected chi connectivity index (χ4v) is 7.02. The van der Waals surface area contributed by atoms with Gasteiger partial charge in [0.2, 0.25) is 5.91 Å². The minimum absolute atomic E-state index is 0.108. The molecule has 1 amide bonds. The third-order valence-electron chi connectivity index (χ3n) is 9.02. The zero-order chi connectivity index (χ0) is 25.2. The monoisotopic (exact) mass is 489 g/mol. The zero-order valence-electron chi connectivity index (χ0n) is 20.8. The van der Waals surface area contributed by atoms with Gasteiger partial charge in [0.25, 0.3) is 0 Å². The highest BCUT2D eigenvalue weighted by atomic mass is 19.1. The van der Waals surface area contributed by atoms with Crippen LogP contribution in [0.5, 0.6) is 0 Å². The highest BCUT2D eigenvalue weighted by Crippen LogP contribution is 2.69. The summed E-state index contributed by atoms with van der Waals surface area (Å²) in [4.78, 5) is 23.4. The van der Waals surface area contributed by atoms with Crippen LogP contribution in [-0.2, 0) is 10.2 Å². The Morgan fingerprint density at radius 2 is 1.78 bits per heavy atom. The van der Waals surface area contributed by atoms with E-state index in [4.69, 9.17) is 4.98 Å². The Morgan fingerprint density at radius 3 is 2.47 bits per heavy atom. The van der Waals surface area contributed by atoms with Gasteiger partial charge in [-0.15, -0.1) is 5.10 Å². The van der Waals surface area contributed by atoms with Crippen LogP contribution in [0.2, 0.25) is 0 Å². The Morgan fingerprint density at radius 1 is 1.06 bits per heavy atom. The number of carbonyl (C=O) groups excluding carboxylic acids is 1. The van der Waals surface area contributed by atoms with Gasteiger partial charge in [0.15, 0.2) is 0 Å². The molecule has 6 nitrogen and oxygen atoms in total. The highest BCUT2D eigenvalue weighted by molar-refractivity contribution is 5.73. The summed E-state index contributed by atoms with van der Waals surface area (Å²) < 4.78 is 29.0. The van der Waals surface area contributed by atoms with Gasteiger partial charge in [0.05, 0.1) is 28.1 Å². The first-order valence-corrected chi connectivity index (χ1v) is 12.7. The first-order chi connectivity index (χ1) is 17.2. The molecule has 3 aliphatic rings. The van der Waals surface area contributed by atoms with Crippen LogP contribution in [-0.4, -0.2) is 44.1 Å². The van der Waals surface area contributed by atoms with Crippen molar-refractivity contribution >= 4 is 5.91 Å². The highest BCUT2D eigenvalue weighted by Gasteiger charge is 2.65. The maximum atomic E-state index is 14.5. The van der Waals surface area contributed by atoms with Crippen LogP contribution in [0.15, 0.2) is 36.5 Å². The average molecular weight is 490 g/mol. The van der Waals surface area contributed by atoms with E-state index in [0.29, 0.717) is 0 Å². The molecule has 186 valence electrons. The number of halogens is 2. The summed E-state index contributed by atoms with van der Waals surface area (Å²) in [7, 11) is 0. The third-order valence-corrected chi connectivity index (χ3v) is 9.02. The van der Waals surface area contributed by atoms with E-state index in [9.17, 15) is 13.6 Å². The summed E-state index contributed by atoms with van der Waals surface area (Å²) in [5.74, 6) is 0.0343. The van der Waals surface area contributed by atoms with Gasteiger partial charge in [-0.3, -0.25) is 4.79 Å². The van der Waals surface area contributed by atoms with Gasteiger partial charge in [-0.1, -0.05) is 19.9 Å². The molecule has 6 rings (SSSR count). The van der Waals surface area contributed by atoms with E-state index < -0.39 is 17.0 Å². The Balaban J connectivity index is 1.41. The Bertz CT molecular complexity index is 1350. The second-order valence-electron chi connectivity index (χ2n) is 10.9. The van der Waals surface area contributed by atoms with Gasteiger partial charge in [-0.25, -0.2) is 18.7 Å². The predicted molar refractivity (Wildman–Crippen MR) is 130 cm³/mol. The molecule has 1 saturated carbocycles. The van der Waals surface area contributed by atoms with Crippen molar-refractivity contribution in [1.29, 1.82) is 0 Å². The third kappa shape index (κ3) is 3.15. The number of fused-ring (bicyclic) bond motifs is 5. The van der Waals surface area contributed by atoms with Gasteiger partial charge in [0, 0.05) is 32.1 Å². The van der Waals surface area contributed by atoms with Gasteiger partial charge in [-0.2, -0.15) is 5.10 Å². The summed E-state index contributed by atoms with van der Waals surface area (Å²) in [6.45, 7) is 7.53. The van der Waals surface area contributed by atoms with Crippen LogP contribution in [0.25, 0.3) is 11.3 Å².